The first-order chi connectivity index (χ1) is 16.3. The van der Waals surface area contributed by atoms with Gasteiger partial charge in [-0.25, -0.2) is 4.79 Å². The van der Waals surface area contributed by atoms with Gasteiger partial charge in [-0.1, -0.05) is 6.58 Å². The highest BCUT2D eigenvalue weighted by Crippen LogP contribution is 1.81. The number of carbonyl (C=O) groups is 1. The van der Waals surface area contributed by atoms with E-state index in [0.29, 0.717) is 0 Å². The van der Waals surface area contributed by atoms with E-state index in [-0.39, 0.29) is 45.2 Å². The van der Waals surface area contributed by atoms with Crippen molar-refractivity contribution >= 4 is 5.97 Å². The zero-order chi connectivity index (χ0) is 30.9. The van der Waals surface area contributed by atoms with E-state index in [1.54, 1.807) is 0 Å². The highest BCUT2D eigenvalue weighted by Gasteiger charge is 1.90. The van der Waals surface area contributed by atoms with Crippen molar-refractivity contribution in [2.24, 2.45) is 0 Å². The molecule has 226 valence electrons. The number of aliphatic carboxylic acids is 1. The first kappa shape index (κ1) is 51.4. The van der Waals surface area contributed by atoms with Crippen LogP contribution in [0.1, 0.15) is 48.5 Å². The average molecular weight is 543 g/mol. The fourth-order valence-electron chi connectivity index (χ4n) is 0. The Morgan fingerprint density at radius 2 is 0.556 bits per heavy atom. The van der Waals surface area contributed by atoms with E-state index in [1.807, 2.05) is 0 Å². The molecule has 0 aromatic heterocycles. The molecule has 14 nitrogen and oxygen atoms in total. The van der Waals surface area contributed by atoms with E-state index in [2.05, 4.69) is 6.58 Å². The third-order valence-corrected chi connectivity index (χ3v) is 1.95. The molecule has 0 aliphatic heterocycles. The summed E-state index contributed by atoms with van der Waals surface area (Å²) in [6.45, 7) is 12.9. The summed E-state index contributed by atoms with van der Waals surface area (Å²) in [4.78, 5) is 9.60. The number of rotatable bonds is 7. The standard InChI is InChI=1S/C4H6O2.6C3H8O2/c1-3(2)4(5)6;6*1-3(5)2-4/h1H2,2H3,(H,5,6);6*3-5H,2H2,1H3. The second-order valence-electron chi connectivity index (χ2n) is 7.28. The van der Waals surface area contributed by atoms with Gasteiger partial charge in [-0.2, -0.15) is 0 Å². The van der Waals surface area contributed by atoms with Gasteiger partial charge in [0, 0.05) is 5.57 Å². The van der Waals surface area contributed by atoms with Crippen molar-refractivity contribution in [2.75, 3.05) is 39.6 Å². The van der Waals surface area contributed by atoms with Crippen LogP contribution in [0.4, 0.5) is 0 Å². The van der Waals surface area contributed by atoms with Crippen LogP contribution in [0.5, 0.6) is 0 Å². The van der Waals surface area contributed by atoms with Crippen LogP contribution >= 0.6 is 0 Å². The van der Waals surface area contributed by atoms with E-state index < -0.39 is 42.6 Å². The average Bonchev–Trinajstić information content (AvgIpc) is 2.80. The minimum Gasteiger partial charge on any atom is -0.478 e. The Hall–Kier alpha value is -1.27. The second kappa shape index (κ2) is 43.8. The Morgan fingerprint density at radius 1 is 0.500 bits per heavy atom. The van der Waals surface area contributed by atoms with Gasteiger partial charge in [0.1, 0.15) is 0 Å². The van der Waals surface area contributed by atoms with E-state index >= 15 is 0 Å². The minimum atomic E-state index is -0.935. The smallest absolute Gasteiger partial charge is 0.330 e. The maximum atomic E-state index is 9.60. The van der Waals surface area contributed by atoms with E-state index in [4.69, 9.17) is 66.4 Å². The Kier molecular flexibility index (Phi) is 62.5. The Labute approximate surface area is 214 Å². The van der Waals surface area contributed by atoms with E-state index in [9.17, 15) is 4.79 Å². The molecule has 13 N–H and O–H groups in total. The maximum absolute atomic E-state index is 9.60. The van der Waals surface area contributed by atoms with Gasteiger partial charge < -0.3 is 66.4 Å². The van der Waals surface area contributed by atoms with Crippen molar-refractivity contribution in [2.45, 2.75) is 85.1 Å². The summed E-state index contributed by atoms with van der Waals surface area (Å²) in [6, 6.07) is 0. The van der Waals surface area contributed by atoms with Crippen LogP contribution in [0.15, 0.2) is 12.2 Å². The molecule has 0 spiro atoms. The zero-order valence-electron chi connectivity index (χ0n) is 22.6. The van der Waals surface area contributed by atoms with Gasteiger partial charge in [-0.3, -0.25) is 0 Å². The third kappa shape index (κ3) is 152. The van der Waals surface area contributed by atoms with Gasteiger partial charge in [0.15, 0.2) is 0 Å². The van der Waals surface area contributed by atoms with Crippen LogP contribution in [0, 0.1) is 0 Å². The first-order valence-electron chi connectivity index (χ1n) is 10.9. The van der Waals surface area contributed by atoms with Gasteiger partial charge in [-0.05, 0) is 48.5 Å². The topological polar surface area (TPSA) is 280 Å². The third-order valence-electron chi connectivity index (χ3n) is 1.95. The van der Waals surface area contributed by atoms with Gasteiger partial charge in [0.05, 0.1) is 76.3 Å². The lowest BCUT2D eigenvalue weighted by Crippen LogP contribution is -2.03. The lowest BCUT2D eigenvalue weighted by molar-refractivity contribution is -0.132. The monoisotopic (exact) mass is 542 g/mol. The fraction of sp³-hybridized carbons (Fsp3) is 0.864. The molecule has 0 saturated carbocycles. The SMILES string of the molecule is C=C(C)C(=O)O.CC(O)CO.CC(O)CO.CC(O)CO.CC(O)CO.CC(O)CO.CC(O)CO. The van der Waals surface area contributed by atoms with E-state index in [1.165, 1.54) is 48.5 Å². The fourth-order valence-corrected chi connectivity index (χ4v) is 0. The van der Waals surface area contributed by atoms with Gasteiger partial charge in [-0.15, -0.1) is 0 Å². The summed E-state index contributed by atoms with van der Waals surface area (Å²) in [7, 11) is 0. The summed E-state index contributed by atoms with van der Waals surface area (Å²) in [5, 5.41) is 104. The first-order valence-corrected chi connectivity index (χ1v) is 10.9. The maximum Gasteiger partial charge on any atom is 0.330 e. The summed E-state index contributed by atoms with van der Waals surface area (Å²) in [6.07, 6.45) is -3.36. The molecule has 6 atom stereocenters. The molecule has 0 fully saturated rings. The molecule has 0 amide bonds. The molecule has 0 radical (unpaired) electrons. The molecule has 14 heteroatoms. The second-order valence-corrected chi connectivity index (χ2v) is 7.28. The number of aliphatic hydroxyl groups excluding tert-OH is 12. The Bertz CT molecular complexity index is 313. The molecule has 0 aromatic carbocycles. The molecule has 0 aromatic rings. The van der Waals surface area contributed by atoms with Crippen molar-refractivity contribution < 1.29 is 71.2 Å². The quantitative estimate of drug-likeness (QED) is 0.141. The van der Waals surface area contributed by atoms with Crippen LogP contribution in [0.3, 0.4) is 0 Å². The Balaban J connectivity index is -0.0000000546. The molecular formula is C22H54O14. The largest absolute Gasteiger partial charge is 0.478 e. The molecule has 36 heavy (non-hydrogen) atoms. The van der Waals surface area contributed by atoms with Crippen molar-refractivity contribution in [3.8, 4) is 0 Å². The normalized spacial score (nSPS) is 13.8. The van der Waals surface area contributed by atoms with Gasteiger partial charge in [0.2, 0.25) is 0 Å². The number of carboxylic acids is 1. The molecule has 6 unspecified atom stereocenters. The van der Waals surface area contributed by atoms with Gasteiger partial charge >= 0.3 is 5.97 Å². The van der Waals surface area contributed by atoms with Crippen LogP contribution in [0.2, 0.25) is 0 Å². The molecule has 0 aliphatic carbocycles. The van der Waals surface area contributed by atoms with Crippen LogP contribution in [0.25, 0.3) is 0 Å². The van der Waals surface area contributed by atoms with E-state index in [0.717, 1.165) is 0 Å². The van der Waals surface area contributed by atoms with Gasteiger partial charge in [0.25, 0.3) is 0 Å². The number of hydrogen-bond acceptors (Lipinski definition) is 13. The molecule has 0 saturated heterocycles. The summed E-state index contributed by atoms with van der Waals surface area (Å²) < 4.78 is 0. The molecule has 0 aliphatic rings. The molecular weight excluding hydrogens is 488 g/mol. The minimum absolute atomic E-state index is 0.139. The van der Waals surface area contributed by atoms with Crippen LogP contribution in [-0.2, 0) is 4.79 Å². The predicted octanol–water partition coefficient (Wildman–Crippen LogP) is -3.20. The summed E-state index contributed by atoms with van der Waals surface area (Å²) >= 11 is 0. The number of carboxylic acid groups (broad SMARTS) is 1. The lowest BCUT2D eigenvalue weighted by atomic mass is 10.4. The highest BCUT2D eigenvalue weighted by atomic mass is 16.4. The highest BCUT2D eigenvalue weighted by molar-refractivity contribution is 5.84. The lowest BCUT2D eigenvalue weighted by Gasteiger charge is -1.90. The molecule has 0 bridgehead atoms. The Morgan fingerprint density at radius 3 is 0.556 bits per heavy atom. The van der Waals surface area contributed by atoms with Crippen molar-refractivity contribution in [3.63, 3.8) is 0 Å². The number of hydrogen-bond donors (Lipinski definition) is 13. The molecule has 0 heterocycles. The zero-order valence-corrected chi connectivity index (χ0v) is 22.6. The summed E-state index contributed by atoms with van der Waals surface area (Å²) in [5.41, 5.74) is 0.176. The summed E-state index contributed by atoms with van der Waals surface area (Å²) in [5.74, 6) is -0.935. The van der Waals surface area contributed by atoms with Crippen molar-refractivity contribution in [3.05, 3.63) is 12.2 Å². The van der Waals surface area contributed by atoms with Crippen LogP contribution in [-0.4, -0.2) is 149 Å². The van der Waals surface area contributed by atoms with Crippen molar-refractivity contribution in [1.82, 2.24) is 0 Å². The van der Waals surface area contributed by atoms with Crippen molar-refractivity contribution in [1.29, 1.82) is 0 Å². The molecule has 0 rings (SSSR count). The van der Waals surface area contributed by atoms with Crippen LogP contribution < -0.4 is 0 Å². The predicted molar refractivity (Wildman–Crippen MR) is 135 cm³/mol. The number of aliphatic hydroxyl groups is 12.